The first-order valence-corrected chi connectivity index (χ1v) is 5.33. The molecule has 1 N–H and O–H groups in total. The Morgan fingerprint density at radius 2 is 2.40 bits per heavy atom. The second-order valence-electron chi connectivity index (χ2n) is 3.55. The Morgan fingerprint density at radius 1 is 1.60 bits per heavy atom. The number of aryl methyl sites for hydroxylation is 2. The number of ether oxygens (including phenoxy) is 1. The molecule has 5 heteroatoms. The minimum Gasteiger partial charge on any atom is -0.383 e. The highest BCUT2D eigenvalue weighted by Crippen LogP contribution is 2.01. The van der Waals surface area contributed by atoms with Crippen LogP contribution in [-0.2, 0) is 18.2 Å². The predicted molar refractivity (Wildman–Crippen MR) is 58.7 cm³/mol. The minimum absolute atomic E-state index is 0.400. The van der Waals surface area contributed by atoms with Crippen molar-refractivity contribution in [3.8, 4) is 0 Å². The summed E-state index contributed by atoms with van der Waals surface area (Å²) >= 11 is 0. The molecule has 0 bridgehead atoms. The number of nitrogens with zero attached hydrogens (tertiary/aromatic N) is 3. The second kappa shape index (κ2) is 6.53. The molecule has 0 radical (unpaired) electrons. The Morgan fingerprint density at radius 3 is 2.93 bits per heavy atom. The molecule has 0 aromatic carbocycles. The number of hydrogen-bond acceptors (Lipinski definition) is 4. The van der Waals surface area contributed by atoms with Crippen LogP contribution in [0.1, 0.15) is 19.2 Å². The lowest BCUT2D eigenvalue weighted by Gasteiger charge is -2.16. The van der Waals surface area contributed by atoms with Crippen LogP contribution in [0.5, 0.6) is 0 Å². The van der Waals surface area contributed by atoms with Gasteiger partial charge in [-0.05, 0) is 13.0 Å². The molecule has 1 heterocycles. The SMILES string of the molecule is CCNC(CCc1ncnn1C)COC. The van der Waals surface area contributed by atoms with Gasteiger partial charge in [-0.25, -0.2) is 4.98 Å². The van der Waals surface area contributed by atoms with Crippen molar-refractivity contribution in [1.29, 1.82) is 0 Å². The van der Waals surface area contributed by atoms with Crippen molar-refractivity contribution >= 4 is 0 Å². The third-order valence-corrected chi connectivity index (χ3v) is 2.38. The zero-order valence-electron chi connectivity index (χ0n) is 9.73. The zero-order valence-corrected chi connectivity index (χ0v) is 9.73. The lowest BCUT2D eigenvalue weighted by Crippen LogP contribution is -2.33. The van der Waals surface area contributed by atoms with E-state index in [0.29, 0.717) is 6.04 Å². The Bertz CT molecular complexity index is 268. The van der Waals surface area contributed by atoms with Gasteiger partial charge >= 0.3 is 0 Å². The van der Waals surface area contributed by atoms with Gasteiger partial charge in [0, 0.05) is 26.6 Å². The molecule has 0 amide bonds. The summed E-state index contributed by atoms with van der Waals surface area (Å²) in [4.78, 5) is 4.19. The van der Waals surface area contributed by atoms with E-state index in [1.54, 1.807) is 13.4 Å². The normalized spacial score (nSPS) is 13.0. The van der Waals surface area contributed by atoms with Crippen molar-refractivity contribution in [2.45, 2.75) is 25.8 Å². The van der Waals surface area contributed by atoms with Crippen molar-refractivity contribution in [3.63, 3.8) is 0 Å². The zero-order chi connectivity index (χ0) is 11.1. The van der Waals surface area contributed by atoms with Crippen LogP contribution < -0.4 is 5.32 Å². The third-order valence-electron chi connectivity index (χ3n) is 2.38. The maximum Gasteiger partial charge on any atom is 0.138 e. The van der Waals surface area contributed by atoms with Gasteiger partial charge in [0.25, 0.3) is 0 Å². The van der Waals surface area contributed by atoms with E-state index in [9.17, 15) is 0 Å². The van der Waals surface area contributed by atoms with Crippen LogP contribution in [0.2, 0.25) is 0 Å². The number of aromatic nitrogens is 3. The summed E-state index contributed by atoms with van der Waals surface area (Å²) in [6.07, 6.45) is 3.54. The number of nitrogens with one attached hydrogen (secondary N) is 1. The summed E-state index contributed by atoms with van der Waals surface area (Å²) in [5.74, 6) is 1.02. The summed E-state index contributed by atoms with van der Waals surface area (Å²) in [5.41, 5.74) is 0. The Kier molecular flexibility index (Phi) is 5.28. The van der Waals surface area contributed by atoms with E-state index in [-0.39, 0.29) is 0 Å². The van der Waals surface area contributed by atoms with Crippen LogP contribution in [0.4, 0.5) is 0 Å². The molecule has 0 aliphatic heterocycles. The first-order valence-electron chi connectivity index (χ1n) is 5.33. The monoisotopic (exact) mass is 212 g/mol. The van der Waals surface area contributed by atoms with E-state index in [0.717, 1.165) is 31.8 Å². The number of methoxy groups -OCH3 is 1. The van der Waals surface area contributed by atoms with Crippen molar-refractivity contribution in [3.05, 3.63) is 12.2 Å². The summed E-state index contributed by atoms with van der Waals surface area (Å²) in [5, 5.41) is 7.42. The van der Waals surface area contributed by atoms with Gasteiger partial charge in [-0.1, -0.05) is 6.92 Å². The van der Waals surface area contributed by atoms with Crippen LogP contribution in [-0.4, -0.2) is 41.1 Å². The largest absolute Gasteiger partial charge is 0.383 e. The van der Waals surface area contributed by atoms with E-state index in [4.69, 9.17) is 4.74 Å². The standard InChI is InChI=1S/C10H20N4O/c1-4-11-9(7-15-3)5-6-10-12-8-13-14(10)2/h8-9,11H,4-7H2,1-3H3. The van der Waals surface area contributed by atoms with Crippen LogP contribution >= 0.6 is 0 Å². The summed E-state index contributed by atoms with van der Waals surface area (Å²) in [6.45, 7) is 3.81. The average molecular weight is 212 g/mol. The highest BCUT2D eigenvalue weighted by molar-refractivity contribution is 4.85. The fraction of sp³-hybridized carbons (Fsp3) is 0.800. The molecule has 1 unspecified atom stereocenters. The molecule has 0 aliphatic rings. The lowest BCUT2D eigenvalue weighted by atomic mass is 10.1. The average Bonchev–Trinajstić information content (AvgIpc) is 2.61. The topological polar surface area (TPSA) is 52.0 Å². The van der Waals surface area contributed by atoms with Gasteiger partial charge in [0.2, 0.25) is 0 Å². The molecule has 1 aromatic heterocycles. The van der Waals surface area contributed by atoms with Gasteiger partial charge in [-0.3, -0.25) is 4.68 Å². The smallest absolute Gasteiger partial charge is 0.138 e. The molecule has 5 nitrogen and oxygen atoms in total. The van der Waals surface area contributed by atoms with Gasteiger partial charge in [-0.2, -0.15) is 5.10 Å². The maximum atomic E-state index is 5.15. The summed E-state index contributed by atoms with van der Waals surface area (Å²) in [6, 6.07) is 0.400. The first-order chi connectivity index (χ1) is 7.27. The van der Waals surface area contributed by atoms with Crippen molar-refractivity contribution < 1.29 is 4.74 Å². The highest BCUT2D eigenvalue weighted by Gasteiger charge is 2.08. The van der Waals surface area contributed by atoms with Gasteiger partial charge < -0.3 is 10.1 Å². The fourth-order valence-electron chi connectivity index (χ4n) is 1.58. The Hall–Kier alpha value is -0.940. The van der Waals surface area contributed by atoms with E-state index < -0.39 is 0 Å². The second-order valence-corrected chi connectivity index (χ2v) is 3.55. The third kappa shape index (κ3) is 3.97. The van der Waals surface area contributed by atoms with E-state index in [2.05, 4.69) is 22.3 Å². The van der Waals surface area contributed by atoms with Crippen LogP contribution in [0.15, 0.2) is 6.33 Å². The molecular weight excluding hydrogens is 192 g/mol. The van der Waals surface area contributed by atoms with Crippen LogP contribution in [0.25, 0.3) is 0 Å². The molecule has 15 heavy (non-hydrogen) atoms. The molecule has 1 aromatic rings. The van der Waals surface area contributed by atoms with Crippen molar-refractivity contribution in [1.82, 2.24) is 20.1 Å². The van der Waals surface area contributed by atoms with Crippen molar-refractivity contribution in [2.75, 3.05) is 20.3 Å². The first kappa shape index (κ1) is 12.1. The molecule has 1 rings (SSSR count). The van der Waals surface area contributed by atoms with Gasteiger partial charge in [-0.15, -0.1) is 0 Å². The van der Waals surface area contributed by atoms with Gasteiger partial charge in [0.05, 0.1) is 6.61 Å². The molecule has 86 valence electrons. The Labute approximate surface area is 90.8 Å². The number of rotatable bonds is 7. The predicted octanol–water partition coefficient (Wildman–Crippen LogP) is 0.372. The molecular formula is C10H20N4O. The van der Waals surface area contributed by atoms with Crippen LogP contribution in [0, 0.1) is 0 Å². The molecule has 0 saturated heterocycles. The van der Waals surface area contributed by atoms with E-state index in [1.807, 2.05) is 11.7 Å². The number of hydrogen-bond donors (Lipinski definition) is 1. The minimum atomic E-state index is 0.400. The van der Waals surface area contributed by atoms with Crippen LogP contribution in [0.3, 0.4) is 0 Å². The summed E-state index contributed by atoms with van der Waals surface area (Å²) < 4.78 is 6.97. The Balaban J connectivity index is 2.36. The molecule has 1 atom stereocenters. The lowest BCUT2D eigenvalue weighted by molar-refractivity contribution is 0.163. The molecule has 0 aliphatic carbocycles. The van der Waals surface area contributed by atoms with Gasteiger partial charge in [0.1, 0.15) is 12.2 Å². The summed E-state index contributed by atoms with van der Waals surface area (Å²) in [7, 11) is 3.65. The molecule has 0 spiro atoms. The maximum absolute atomic E-state index is 5.15. The number of likely N-dealkylation sites (N-methyl/N-ethyl adjacent to an activating group) is 1. The quantitative estimate of drug-likeness (QED) is 0.709. The van der Waals surface area contributed by atoms with Gasteiger partial charge in [0.15, 0.2) is 0 Å². The fourth-order valence-corrected chi connectivity index (χ4v) is 1.58. The molecule has 0 saturated carbocycles. The molecule has 0 fully saturated rings. The van der Waals surface area contributed by atoms with E-state index in [1.165, 1.54) is 0 Å². The highest BCUT2D eigenvalue weighted by atomic mass is 16.5. The van der Waals surface area contributed by atoms with Crippen molar-refractivity contribution in [2.24, 2.45) is 7.05 Å². The van der Waals surface area contributed by atoms with E-state index >= 15 is 0 Å².